The summed E-state index contributed by atoms with van der Waals surface area (Å²) in [6.07, 6.45) is -6.50. The first-order valence-electron chi connectivity index (χ1n) is 8.43. The lowest BCUT2D eigenvalue weighted by Crippen LogP contribution is -2.21. The zero-order valence-corrected chi connectivity index (χ0v) is 15.2. The Morgan fingerprint density at radius 3 is 2.41 bits per heavy atom. The number of methoxy groups -OCH3 is 1. The maximum Gasteiger partial charge on any atom is 0.490 e. The number of alkyl halides is 6. The number of aliphatic carboxylic acids is 1. The summed E-state index contributed by atoms with van der Waals surface area (Å²) in [4.78, 5) is 20.9. The third-order valence-corrected chi connectivity index (χ3v) is 4.45. The number of ether oxygens (including phenoxy) is 1. The van der Waals surface area contributed by atoms with Crippen LogP contribution in [-0.4, -0.2) is 54.2 Å². The second kappa shape index (κ2) is 8.47. The van der Waals surface area contributed by atoms with Crippen LogP contribution in [-0.2, 0) is 16.1 Å². The van der Waals surface area contributed by atoms with Gasteiger partial charge in [-0.1, -0.05) is 6.08 Å². The molecule has 0 radical (unpaired) electrons. The molecule has 1 aliphatic carbocycles. The van der Waals surface area contributed by atoms with Crippen molar-refractivity contribution in [3.63, 3.8) is 0 Å². The van der Waals surface area contributed by atoms with E-state index in [2.05, 4.69) is 5.32 Å². The van der Waals surface area contributed by atoms with E-state index in [4.69, 9.17) is 14.6 Å². The van der Waals surface area contributed by atoms with Crippen LogP contribution < -0.4 is 5.32 Å². The Labute approximate surface area is 161 Å². The fourth-order valence-electron chi connectivity index (χ4n) is 3.33. The van der Waals surface area contributed by atoms with Gasteiger partial charge in [0.2, 0.25) is 0 Å². The van der Waals surface area contributed by atoms with Crippen LogP contribution >= 0.6 is 0 Å². The molecule has 2 aliphatic rings. The van der Waals surface area contributed by atoms with Gasteiger partial charge < -0.3 is 19.7 Å². The van der Waals surface area contributed by atoms with Gasteiger partial charge in [-0.05, 0) is 23.5 Å². The van der Waals surface area contributed by atoms with E-state index >= 15 is 0 Å². The molecule has 12 heteroatoms. The number of nitrogens with zero attached hydrogens (tertiary/aromatic N) is 1. The van der Waals surface area contributed by atoms with Gasteiger partial charge in [-0.3, -0.25) is 0 Å². The van der Waals surface area contributed by atoms with Crippen molar-refractivity contribution in [3.05, 3.63) is 29.1 Å². The Morgan fingerprint density at radius 1 is 1.28 bits per heavy atom. The number of esters is 1. The Bertz CT molecular complexity index is 810. The molecule has 1 aromatic rings. The van der Waals surface area contributed by atoms with Crippen molar-refractivity contribution in [2.75, 3.05) is 20.2 Å². The number of aromatic nitrogens is 1. The minimum absolute atomic E-state index is 0.263. The van der Waals surface area contributed by atoms with Gasteiger partial charge in [0.15, 0.2) is 0 Å². The molecule has 6 nitrogen and oxygen atoms in total. The molecule has 2 heterocycles. The summed E-state index contributed by atoms with van der Waals surface area (Å²) in [6.45, 7) is 1.94. The third kappa shape index (κ3) is 5.52. The molecular weight excluding hydrogens is 410 g/mol. The smallest absolute Gasteiger partial charge is 0.475 e. The maximum absolute atomic E-state index is 12.9. The predicted molar refractivity (Wildman–Crippen MR) is 88.3 cm³/mol. The van der Waals surface area contributed by atoms with Gasteiger partial charge >= 0.3 is 24.3 Å². The quantitative estimate of drug-likeness (QED) is 0.558. The number of hydrogen-bond donors (Lipinski definition) is 2. The molecule has 0 saturated carbocycles. The van der Waals surface area contributed by atoms with Crippen molar-refractivity contribution in [1.82, 2.24) is 9.88 Å². The van der Waals surface area contributed by atoms with E-state index in [1.807, 2.05) is 10.6 Å². The summed E-state index contributed by atoms with van der Waals surface area (Å²) in [5.41, 5.74) is 2.47. The van der Waals surface area contributed by atoms with Gasteiger partial charge in [0, 0.05) is 31.5 Å². The third-order valence-electron chi connectivity index (χ3n) is 4.45. The highest BCUT2D eigenvalue weighted by atomic mass is 19.4. The number of allylic oxidation sites excluding steroid dienone is 1. The molecule has 3 rings (SSSR count). The zero-order valence-electron chi connectivity index (χ0n) is 15.2. The average molecular weight is 428 g/mol. The lowest BCUT2D eigenvalue weighted by Gasteiger charge is -2.25. The Kier molecular flexibility index (Phi) is 6.66. The second-order valence-corrected chi connectivity index (χ2v) is 6.45. The van der Waals surface area contributed by atoms with Gasteiger partial charge in [-0.15, -0.1) is 0 Å². The highest BCUT2D eigenvalue weighted by Crippen LogP contribution is 2.43. The number of hydrogen-bond acceptors (Lipinski definition) is 4. The monoisotopic (exact) mass is 428 g/mol. The molecule has 0 saturated heterocycles. The summed E-state index contributed by atoms with van der Waals surface area (Å²) >= 11 is 0. The summed E-state index contributed by atoms with van der Waals surface area (Å²) < 4.78 is 77.0. The van der Waals surface area contributed by atoms with Gasteiger partial charge in [-0.2, -0.15) is 26.3 Å². The standard InChI is InChI=1S/C15H17F3N2O2.C2HF3O2/c1-22-14(21)11-8-20-5-4-19-7-10-3-2-9(6-15(16,17)18)12(11)13(10)20;3-2(4,5)1(6)7/h3,8-9,19H,2,4-7H2,1H3;(H,6,7). The van der Waals surface area contributed by atoms with E-state index in [1.54, 1.807) is 6.20 Å². The van der Waals surface area contributed by atoms with E-state index in [1.165, 1.54) is 7.11 Å². The molecule has 0 fully saturated rings. The largest absolute Gasteiger partial charge is 0.490 e. The maximum atomic E-state index is 12.9. The summed E-state index contributed by atoms with van der Waals surface area (Å²) in [5.74, 6) is -4.06. The topological polar surface area (TPSA) is 80.6 Å². The van der Waals surface area contributed by atoms with Crippen LogP contribution in [0.5, 0.6) is 0 Å². The van der Waals surface area contributed by atoms with Crippen molar-refractivity contribution in [1.29, 1.82) is 0 Å². The summed E-state index contributed by atoms with van der Waals surface area (Å²) in [5, 5.41) is 10.4. The molecule has 162 valence electrons. The number of rotatable bonds is 2. The highest BCUT2D eigenvalue weighted by molar-refractivity contribution is 5.94. The first-order chi connectivity index (χ1) is 13.3. The van der Waals surface area contributed by atoms with Crippen LogP contribution in [0.25, 0.3) is 5.57 Å². The minimum atomic E-state index is -5.08. The molecule has 0 spiro atoms. The minimum Gasteiger partial charge on any atom is -0.475 e. The van der Waals surface area contributed by atoms with E-state index < -0.39 is 36.6 Å². The molecule has 0 aromatic carbocycles. The number of carboxylic acids is 1. The summed E-state index contributed by atoms with van der Waals surface area (Å²) in [6, 6.07) is 0. The molecule has 2 N–H and O–H groups in total. The first kappa shape index (κ1) is 22.8. The molecule has 1 aromatic heterocycles. The van der Waals surface area contributed by atoms with E-state index in [0.717, 1.165) is 11.3 Å². The molecule has 29 heavy (non-hydrogen) atoms. The molecule has 1 aliphatic heterocycles. The SMILES string of the molecule is COC(=O)c1cn2c3c1C(CC(F)(F)F)CC=C3CNCC2.O=C(O)C(F)(F)F. The Hall–Kier alpha value is -2.50. The average Bonchev–Trinajstić information content (AvgIpc) is 2.86. The lowest BCUT2D eigenvalue weighted by molar-refractivity contribution is -0.192. The van der Waals surface area contributed by atoms with Crippen molar-refractivity contribution in [2.45, 2.75) is 37.7 Å². The van der Waals surface area contributed by atoms with E-state index in [-0.39, 0.29) is 12.0 Å². The molecule has 1 unspecified atom stereocenters. The second-order valence-electron chi connectivity index (χ2n) is 6.45. The lowest BCUT2D eigenvalue weighted by atomic mass is 9.83. The number of nitrogens with one attached hydrogen (secondary N) is 1. The number of halogens is 6. The fraction of sp³-hybridized carbons (Fsp3) is 0.529. The van der Waals surface area contributed by atoms with Crippen molar-refractivity contribution in [2.24, 2.45) is 0 Å². The first-order valence-corrected chi connectivity index (χ1v) is 8.43. The van der Waals surface area contributed by atoms with Crippen LogP contribution in [0.3, 0.4) is 0 Å². The fourth-order valence-corrected chi connectivity index (χ4v) is 3.33. The van der Waals surface area contributed by atoms with Gasteiger partial charge in [0.05, 0.1) is 19.1 Å². The van der Waals surface area contributed by atoms with E-state index in [0.29, 0.717) is 25.2 Å². The number of carbonyl (C=O) groups excluding carboxylic acids is 1. The predicted octanol–water partition coefficient (Wildman–Crippen LogP) is 3.33. The van der Waals surface area contributed by atoms with Crippen LogP contribution in [0.1, 0.15) is 40.4 Å². The Balaban J connectivity index is 0.000000370. The van der Waals surface area contributed by atoms with Crippen LogP contribution in [0.4, 0.5) is 26.3 Å². The van der Waals surface area contributed by atoms with Crippen LogP contribution in [0, 0.1) is 0 Å². The van der Waals surface area contributed by atoms with Crippen molar-refractivity contribution >= 4 is 17.5 Å². The normalized spacial score (nSPS) is 18.6. The van der Waals surface area contributed by atoms with Gasteiger partial charge in [0.25, 0.3) is 0 Å². The van der Waals surface area contributed by atoms with E-state index in [9.17, 15) is 31.1 Å². The van der Waals surface area contributed by atoms with Crippen LogP contribution in [0.2, 0.25) is 0 Å². The van der Waals surface area contributed by atoms with Gasteiger partial charge in [-0.25, -0.2) is 9.59 Å². The molecular formula is C17H18F6N2O4. The molecule has 0 bridgehead atoms. The summed E-state index contributed by atoms with van der Waals surface area (Å²) in [7, 11) is 1.25. The number of carboxylic acid groups (broad SMARTS) is 1. The van der Waals surface area contributed by atoms with Crippen LogP contribution in [0.15, 0.2) is 12.3 Å². The zero-order chi connectivity index (χ0) is 22.0. The van der Waals surface area contributed by atoms with Gasteiger partial charge in [0.1, 0.15) is 0 Å². The highest BCUT2D eigenvalue weighted by Gasteiger charge is 2.39. The number of carbonyl (C=O) groups is 2. The molecule has 0 amide bonds. The Morgan fingerprint density at radius 2 is 1.90 bits per heavy atom. The van der Waals surface area contributed by atoms with Crippen molar-refractivity contribution < 1.29 is 45.8 Å². The molecule has 1 atom stereocenters. The van der Waals surface area contributed by atoms with Crippen molar-refractivity contribution in [3.8, 4) is 0 Å².